The van der Waals surface area contributed by atoms with Gasteiger partial charge in [0.25, 0.3) is 0 Å². The summed E-state index contributed by atoms with van der Waals surface area (Å²) in [5.41, 5.74) is -0.140. The van der Waals surface area contributed by atoms with Crippen molar-refractivity contribution in [1.82, 2.24) is 0 Å². The monoisotopic (exact) mass is 802 g/mol. The minimum absolute atomic E-state index is 0.0723. The molecule has 3 fully saturated rings. The van der Waals surface area contributed by atoms with Crippen molar-refractivity contribution in [2.24, 2.45) is 0 Å². The zero-order chi connectivity index (χ0) is 38.8. The number of benzene rings is 4. The average Bonchev–Trinajstić information content (AvgIpc) is 3.20. The third-order valence-corrected chi connectivity index (χ3v) is 17.1. The quantitative estimate of drug-likeness (QED) is 0.158. The molecule has 4 aromatic rings. The third kappa shape index (κ3) is 8.84. The van der Waals surface area contributed by atoms with Gasteiger partial charge in [0.2, 0.25) is 0 Å². The van der Waals surface area contributed by atoms with Gasteiger partial charge in [-0.25, -0.2) is 3.63 Å². The Kier molecular flexibility index (Phi) is 11.8. The lowest BCUT2D eigenvalue weighted by molar-refractivity contribution is -0.143. The second kappa shape index (κ2) is 16.3. The van der Waals surface area contributed by atoms with Crippen LogP contribution in [-0.2, 0) is 26.1 Å². The van der Waals surface area contributed by atoms with Gasteiger partial charge in [-0.2, -0.15) is 34.8 Å². The summed E-state index contributed by atoms with van der Waals surface area (Å²) in [6.45, 7) is 0. The highest BCUT2D eigenvalue weighted by Crippen LogP contribution is 2.70. The Hall–Kier alpha value is -3.28. The maximum atomic E-state index is 14.5. The van der Waals surface area contributed by atoms with E-state index >= 15 is 0 Å². The van der Waals surface area contributed by atoms with Gasteiger partial charge in [0, 0.05) is 14.7 Å². The lowest BCUT2D eigenvalue weighted by atomic mass is 9.84. The highest BCUT2D eigenvalue weighted by molar-refractivity contribution is 8.33. The summed E-state index contributed by atoms with van der Waals surface area (Å²) in [7, 11) is -8.61. The molecule has 0 bridgehead atoms. The van der Waals surface area contributed by atoms with Crippen LogP contribution >= 0.6 is 10.3 Å². The first-order chi connectivity index (χ1) is 26.2. The van der Waals surface area contributed by atoms with E-state index in [0.29, 0.717) is 32.4 Å². The molecule has 0 aliphatic heterocycles. The van der Waals surface area contributed by atoms with Crippen LogP contribution in [0.3, 0.4) is 0 Å². The standard InChI is InChI=1S/C44H48F6O3S2/c45-43(46,47)37-28-38(44(48,49)50)30-42(29-37)55(51,52)53-54(39-22-16-34(17-23-39)31-10-4-1-5-11-31,40-24-18-35(19-25-40)32-12-6-2-7-13-32)41-26-20-36(21-27-41)33-14-8-3-9-15-33/h16-33H,1-15H2. The fraction of sp³-hybridized carbons (Fsp3) is 0.455. The van der Waals surface area contributed by atoms with Crippen LogP contribution in [0.2, 0.25) is 0 Å². The normalized spacial score (nSPS) is 19.0. The van der Waals surface area contributed by atoms with E-state index in [1.165, 1.54) is 19.3 Å². The van der Waals surface area contributed by atoms with Gasteiger partial charge in [-0.15, -0.1) is 0 Å². The van der Waals surface area contributed by atoms with Gasteiger partial charge in [-0.3, -0.25) is 0 Å². The van der Waals surface area contributed by atoms with Crippen LogP contribution in [0, 0.1) is 0 Å². The van der Waals surface area contributed by atoms with Gasteiger partial charge in [-0.1, -0.05) is 94.2 Å². The first-order valence-corrected chi connectivity index (χ1v) is 22.6. The molecular formula is C44H48F6O3S2. The number of hydrogen-bond acceptors (Lipinski definition) is 3. The number of hydrogen-bond donors (Lipinski definition) is 0. The van der Waals surface area contributed by atoms with Crippen LogP contribution in [0.5, 0.6) is 0 Å². The van der Waals surface area contributed by atoms with E-state index in [-0.39, 0.29) is 18.2 Å². The van der Waals surface area contributed by atoms with Crippen molar-refractivity contribution in [1.29, 1.82) is 0 Å². The molecule has 0 unspecified atom stereocenters. The number of halogens is 6. The summed E-state index contributed by atoms with van der Waals surface area (Å²) in [6.07, 6.45) is 5.90. The van der Waals surface area contributed by atoms with Crippen LogP contribution in [0.15, 0.2) is 111 Å². The first kappa shape index (κ1) is 39.9. The predicted octanol–water partition coefficient (Wildman–Crippen LogP) is 14.5. The van der Waals surface area contributed by atoms with Crippen LogP contribution < -0.4 is 0 Å². The Balaban J connectivity index is 1.42. The van der Waals surface area contributed by atoms with Crippen LogP contribution in [0.4, 0.5) is 26.3 Å². The van der Waals surface area contributed by atoms with E-state index in [2.05, 4.69) is 0 Å². The summed E-state index contributed by atoms with van der Waals surface area (Å²) < 4.78 is 120. The maximum absolute atomic E-state index is 14.5. The molecule has 3 saturated carbocycles. The summed E-state index contributed by atoms with van der Waals surface area (Å²) in [6, 6.07) is 23.3. The SMILES string of the molecule is O=S(=O)(OS(c1ccc(C2CCCCC2)cc1)(c1ccc(C2CCCCC2)cc1)c1ccc(C2CCCCC2)cc1)c1cc(C(F)(F)F)cc(C(F)(F)F)c1. The molecule has 0 saturated heterocycles. The summed E-state index contributed by atoms with van der Waals surface area (Å²) in [5.74, 6) is 1.02. The molecule has 3 aliphatic rings. The van der Waals surface area contributed by atoms with E-state index in [9.17, 15) is 34.8 Å². The fourth-order valence-electron chi connectivity index (χ4n) is 8.87. The minimum Gasteiger partial charge on any atom is -0.203 e. The zero-order valence-electron chi connectivity index (χ0n) is 30.8. The minimum atomic E-state index is -5.28. The third-order valence-electron chi connectivity index (χ3n) is 11.9. The summed E-state index contributed by atoms with van der Waals surface area (Å²) in [4.78, 5) is 0.237. The molecule has 0 N–H and O–H groups in total. The van der Waals surface area contributed by atoms with E-state index in [4.69, 9.17) is 3.63 Å². The van der Waals surface area contributed by atoms with Crippen molar-refractivity contribution >= 4 is 20.4 Å². The second-order valence-corrected chi connectivity index (χ2v) is 20.0. The van der Waals surface area contributed by atoms with Crippen LogP contribution in [0.25, 0.3) is 0 Å². The van der Waals surface area contributed by atoms with E-state index in [0.717, 1.165) is 93.7 Å². The number of rotatable bonds is 9. The molecule has 0 spiro atoms. The van der Waals surface area contributed by atoms with Crippen molar-refractivity contribution in [2.75, 3.05) is 0 Å². The molecule has 11 heteroatoms. The van der Waals surface area contributed by atoms with Crippen molar-refractivity contribution in [3.8, 4) is 0 Å². The van der Waals surface area contributed by atoms with Gasteiger partial charge in [-0.05, 0) is 138 Å². The van der Waals surface area contributed by atoms with E-state index in [1.54, 1.807) is 0 Å². The van der Waals surface area contributed by atoms with E-state index in [1.807, 2.05) is 72.8 Å². The molecular weight excluding hydrogens is 755 g/mol. The molecule has 0 aromatic heterocycles. The maximum Gasteiger partial charge on any atom is 0.416 e. The molecule has 0 heterocycles. The smallest absolute Gasteiger partial charge is 0.203 e. The second-order valence-electron chi connectivity index (χ2n) is 15.5. The predicted molar refractivity (Wildman–Crippen MR) is 204 cm³/mol. The molecule has 0 radical (unpaired) electrons. The molecule has 0 amide bonds. The van der Waals surface area contributed by atoms with Gasteiger partial charge < -0.3 is 0 Å². The van der Waals surface area contributed by atoms with Crippen LogP contribution in [-0.4, -0.2) is 8.42 Å². The summed E-state index contributed by atoms with van der Waals surface area (Å²) in [5, 5.41) is 0. The van der Waals surface area contributed by atoms with Crippen LogP contribution in [0.1, 0.15) is 142 Å². The highest BCUT2D eigenvalue weighted by Gasteiger charge is 2.42. The van der Waals surface area contributed by atoms with Crippen molar-refractivity contribution in [3.05, 3.63) is 119 Å². The molecule has 7 rings (SSSR count). The molecule has 55 heavy (non-hydrogen) atoms. The molecule has 296 valence electrons. The van der Waals surface area contributed by atoms with Crippen molar-refractivity contribution in [2.45, 2.75) is 146 Å². The molecule has 3 nitrogen and oxygen atoms in total. The lowest BCUT2D eigenvalue weighted by Crippen LogP contribution is -2.18. The van der Waals surface area contributed by atoms with Crippen molar-refractivity contribution < 1.29 is 38.4 Å². The fourth-order valence-corrected chi connectivity index (χ4v) is 14.1. The Morgan fingerprint density at radius 1 is 0.418 bits per heavy atom. The lowest BCUT2D eigenvalue weighted by Gasteiger charge is -2.40. The summed E-state index contributed by atoms with van der Waals surface area (Å²) >= 11 is 0. The topological polar surface area (TPSA) is 43.4 Å². The Morgan fingerprint density at radius 3 is 0.982 bits per heavy atom. The first-order valence-electron chi connectivity index (χ1n) is 19.6. The largest absolute Gasteiger partial charge is 0.416 e. The molecule has 4 aromatic carbocycles. The molecule has 3 aliphatic carbocycles. The Bertz CT molecular complexity index is 1830. The van der Waals surface area contributed by atoms with E-state index < -0.39 is 48.8 Å². The van der Waals surface area contributed by atoms with Gasteiger partial charge in [0.15, 0.2) is 0 Å². The number of alkyl halides is 6. The highest BCUT2D eigenvalue weighted by atomic mass is 32.3. The Labute approximate surface area is 322 Å². The van der Waals surface area contributed by atoms with Crippen molar-refractivity contribution in [3.63, 3.8) is 0 Å². The van der Waals surface area contributed by atoms with Gasteiger partial charge >= 0.3 is 22.5 Å². The van der Waals surface area contributed by atoms with Gasteiger partial charge in [0.05, 0.1) is 16.0 Å². The zero-order valence-corrected chi connectivity index (χ0v) is 32.4. The average molecular weight is 803 g/mol. The Morgan fingerprint density at radius 2 is 0.709 bits per heavy atom. The van der Waals surface area contributed by atoms with Gasteiger partial charge in [0.1, 0.15) is 0 Å². The molecule has 0 atom stereocenters.